The van der Waals surface area contributed by atoms with E-state index in [-0.39, 0.29) is 12.1 Å². The molecule has 96 valence electrons. The summed E-state index contributed by atoms with van der Waals surface area (Å²) in [5.41, 5.74) is 5.98. The summed E-state index contributed by atoms with van der Waals surface area (Å²) in [5, 5.41) is 3.96. The lowest BCUT2D eigenvalue weighted by Crippen LogP contribution is -2.13. The third kappa shape index (κ3) is 2.32. The molecule has 2 N–H and O–H groups in total. The first kappa shape index (κ1) is 12.5. The summed E-state index contributed by atoms with van der Waals surface area (Å²) in [6.07, 6.45) is -2.83. The van der Waals surface area contributed by atoms with Crippen LogP contribution in [0.3, 0.4) is 0 Å². The molecule has 0 atom stereocenters. The third-order valence-corrected chi connectivity index (χ3v) is 2.72. The molecule has 3 nitrogen and oxygen atoms in total. The third-order valence-electron chi connectivity index (χ3n) is 2.72. The maximum absolute atomic E-state index is 12.8. The lowest BCUT2D eigenvalue weighted by Gasteiger charge is -2.13. The number of alkyl halides is 3. The lowest BCUT2D eigenvalue weighted by molar-refractivity contribution is -0.138. The van der Waals surface area contributed by atoms with E-state index in [2.05, 4.69) is 5.10 Å². The van der Waals surface area contributed by atoms with Crippen LogP contribution in [0.25, 0.3) is 0 Å². The molecule has 0 saturated carbocycles. The summed E-state index contributed by atoms with van der Waals surface area (Å²) in [7, 11) is 0. The largest absolute Gasteiger partial charge is 0.416 e. The van der Waals surface area contributed by atoms with E-state index < -0.39 is 11.7 Å². The SMILES string of the molecule is Cc1cnn(Cc2ccccc2C(F)(F)F)c1N. The van der Waals surface area contributed by atoms with Crippen molar-refractivity contribution in [1.82, 2.24) is 9.78 Å². The molecule has 2 rings (SSSR count). The van der Waals surface area contributed by atoms with Gasteiger partial charge < -0.3 is 5.73 Å². The highest BCUT2D eigenvalue weighted by Crippen LogP contribution is 2.32. The van der Waals surface area contributed by atoms with Crippen LogP contribution in [-0.2, 0) is 12.7 Å². The van der Waals surface area contributed by atoms with Gasteiger partial charge in [0.25, 0.3) is 0 Å². The molecule has 0 bridgehead atoms. The van der Waals surface area contributed by atoms with E-state index in [1.165, 1.54) is 23.0 Å². The Morgan fingerprint density at radius 2 is 1.94 bits per heavy atom. The van der Waals surface area contributed by atoms with Gasteiger partial charge in [-0.3, -0.25) is 0 Å². The van der Waals surface area contributed by atoms with E-state index in [0.29, 0.717) is 5.82 Å². The number of halogens is 3. The molecule has 0 unspecified atom stereocenters. The number of hydrogen-bond acceptors (Lipinski definition) is 2. The molecule has 0 aliphatic heterocycles. The zero-order chi connectivity index (χ0) is 13.3. The Bertz CT molecular complexity index is 558. The Hall–Kier alpha value is -1.98. The van der Waals surface area contributed by atoms with E-state index in [1.807, 2.05) is 0 Å². The number of hydrogen-bond donors (Lipinski definition) is 1. The Morgan fingerprint density at radius 3 is 2.50 bits per heavy atom. The first-order chi connectivity index (χ1) is 8.39. The summed E-state index contributed by atoms with van der Waals surface area (Å²) in [4.78, 5) is 0. The van der Waals surface area contributed by atoms with Crippen LogP contribution in [0.1, 0.15) is 16.7 Å². The molecule has 1 aromatic carbocycles. The number of aryl methyl sites for hydroxylation is 1. The number of nitrogens with two attached hydrogens (primary N) is 1. The van der Waals surface area contributed by atoms with Gasteiger partial charge in [-0.05, 0) is 18.6 Å². The molecule has 6 heteroatoms. The minimum absolute atomic E-state index is 0.00928. The molecule has 0 saturated heterocycles. The Balaban J connectivity index is 2.38. The van der Waals surface area contributed by atoms with Crippen molar-refractivity contribution in [3.05, 3.63) is 47.2 Å². The van der Waals surface area contributed by atoms with Crippen LogP contribution >= 0.6 is 0 Å². The fourth-order valence-corrected chi connectivity index (χ4v) is 1.71. The van der Waals surface area contributed by atoms with E-state index in [1.54, 1.807) is 13.0 Å². The average molecular weight is 255 g/mol. The van der Waals surface area contributed by atoms with Crippen LogP contribution in [0.5, 0.6) is 0 Å². The normalized spacial score (nSPS) is 11.8. The van der Waals surface area contributed by atoms with E-state index in [0.717, 1.165) is 11.6 Å². The van der Waals surface area contributed by atoms with Gasteiger partial charge in [-0.25, -0.2) is 4.68 Å². The predicted molar refractivity (Wildman–Crippen MR) is 61.9 cm³/mol. The molecule has 2 aromatic rings. The van der Waals surface area contributed by atoms with Crippen LogP contribution in [0, 0.1) is 6.92 Å². The summed E-state index contributed by atoms with van der Waals surface area (Å²) >= 11 is 0. The highest BCUT2D eigenvalue weighted by Gasteiger charge is 2.33. The maximum atomic E-state index is 12.8. The van der Waals surface area contributed by atoms with E-state index in [4.69, 9.17) is 5.73 Å². The number of nitrogens with zero attached hydrogens (tertiary/aromatic N) is 2. The Kier molecular flexibility index (Phi) is 3.02. The zero-order valence-electron chi connectivity index (χ0n) is 9.70. The first-order valence-corrected chi connectivity index (χ1v) is 5.32. The second-order valence-electron chi connectivity index (χ2n) is 4.03. The number of benzene rings is 1. The van der Waals surface area contributed by atoms with Crippen LogP contribution < -0.4 is 5.73 Å². The number of anilines is 1. The second kappa shape index (κ2) is 4.36. The zero-order valence-corrected chi connectivity index (χ0v) is 9.70. The van der Waals surface area contributed by atoms with Crippen molar-refractivity contribution in [2.75, 3.05) is 5.73 Å². The molecule has 0 amide bonds. The monoisotopic (exact) mass is 255 g/mol. The topological polar surface area (TPSA) is 43.8 Å². The molecular formula is C12H12F3N3. The Labute approximate surface area is 102 Å². The standard InChI is InChI=1S/C12H12F3N3/c1-8-6-17-18(11(8)16)7-9-4-2-3-5-10(9)12(13,14)15/h2-6H,7,16H2,1H3. The molecule has 18 heavy (non-hydrogen) atoms. The minimum atomic E-state index is -4.37. The summed E-state index contributed by atoms with van der Waals surface area (Å²) < 4.78 is 39.7. The number of rotatable bonds is 2. The number of nitrogen functional groups attached to an aromatic ring is 1. The van der Waals surface area contributed by atoms with Gasteiger partial charge in [-0.1, -0.05) is 18.2 Å². The van der Waals surface area contributed by atoms with Gasteiger partial charge in [-0.2, -0.15) is 18.3 Å². The van der Waals surface area contributed by atoms with Crippen LogP contribution in [0.15, 0.2) is 30.5 Å². The van der Waals surface area contributed by atoms with E-state index >= 15 is 0 Å². The summed E-state index contributed by atoms with van der Waals surface area (Å²) in [5.74, 6) is 0.381. The van der Waals surface area contributed by atoms with Crippen molar-refractivity contribution in [2.24, 2.45) is 0 Å². The first-order valence-electron chi connectivity index (χ1n) is 5.32. The molecule has 0 aliphatic carbocycles. The number of aromatic nitrogens is 2. The van der Waals surface area contributed by atoms with Gasteiger partial charge in [-0.15, -0.1) is 0 Å². The molecule has 0 radical (unpaired) electrons. The molecule has 0 fully saturated rings. The van der Waals surface area contributed by atoms with Crippen molar-refractivity contribution < 1.29 is 13.2 Å². The van der Waals surface area contributed by atoms with E-state index in [9.17, 15) is 13.2 Å². The van der Waals surface area contributed by atoms with Crippen molar-refractivity contribution in [2.45, 2.75) is 19.6 Å². The highest BCUT2D eigenvalue weighted by atomic mass is 19.4. The second-order valence-corrected chi connectivity index (χ2v) is 4.03. The summed E-state index contributed by atoms with van der Waals surface area (Å²) in [6.45, 7) is 1.77. The molecular weight excluding hydrogens is 243 g/mol. The minimum Gasteiger partial charge on any atom is -0.384 e. The van der Waals surface area contributed by atoms with Crippen LogP contribution in [-0.4, -0.2) is 9.78 Å². The van der Waals surface area contributed by atoms with Gasteiger partial charge in [0.1, 0.15) is 5.82 Å². The smallest absolute Gasteiger partial charge is 0.384 e. The van der Waals surface area contributed by atoms with Crippen LogP contribution in [0.2, 0.25) is 0 Å². The molecule has 1 heterocycles. The van der Waals surface area contributed by atoms with Gasteiger partial charge >= 0.3 is 6.18 Å². The fraction of sp³-hybridized carbons (Fsp3) is 0.250. The highest BCUT2D eigenvalue weighted by molar-refractivity contribution is 5.39. The van der Waals surface area contributed by atoms with Crippen molar-refractivity contribution >= 4 is 5.82 Å². The van der Waals surface area contributed by atoms with Crippen molar-refractivity contribution in [3.8, 4) is 0 Å². The Morgan fingerprint density at radius 1 is 1.28 bits per heavy atom. The van der Waals surface area contributed by atoms with Gasteiger partial charge in [0, 0.05) is 5.56 Å². The predicted octanol–water partition coefficient (Wildman–Crippen LogP) is 2.84. The average Bonchev–Trinajstić information content (AvgIpc) is 2.60. The molecule has 0 spiro atoms. The molecule has 0 aliphatic rings. The maximum Gasteiger partial charge on any atom is 0.416 e. The van der Waals surface area contributed by atoms with Gasteiger partial charge in [0.15, 0.2) is 0 Å². The summed E-state index contributed by atoms with van der Waals surface area (Å²) in [6, 6.07) is 5.42. The lowest BCUT2D eigenvalue weighted by atomic mass is 10.1. The van der Waals surface area contributed by atoms with Crippen molar-refractivity contribution in [1.29, 1.82) is 0 Å². The fourth-order valence-electron chi connectivity index (χ4n) is 1.71. The van der Waals surface area contributed by atoms with Gasteiger partial charge in [0.2, 0.25) is 0 Å². The van der Waals surface area contributed by atoms with Gasteiger partial charge in [0.05, 0.1) is 18.3 Å². The van der Waals surface area contributed by atoms with Crippen LogP contribution in [0.4, 0.5) is 19.0 Å². The quantitative estimate of drug-likeness (QED) is 0.896. The molecule has 1 aromatic heterocycles. The van der Waals surface area contributed by atoms with Crippen molar-refractivity contribution in [3.63, 3.8) is 0 Å².